The molecular weight excluding hydrogens is 392 g/mol. The van der Waals surface area contributed by atoms with Crippen LogP contribution in [0.1, 0.15) is 38.2 Å². The van der Waals surface area contributed by atoms with E-state index in [1.807, 2.05) is 0 Å². The van der Waals surface area contributed by atoms with E-state index in [0.29, 0.717) is 24.9 Å². The fourth-order valence-corrected chi connectivity index (χ4v) is 3.76. The summed E-state index contributed by atoms with van der Waals surface area (Å²) in [5.41, 5.74) is -0.706. The molecule has 1 aliphatic heterocycles. The monoisotopic (exact) mass is 412 g/mol. The van der Waals surface area contributed by atoms with Crippen molar-refractivity contribution in [2.75, 3.05) is 18.4 Å². The fourth-order valence-electron chi connectivity index (χ4n) is 3.76. The Labute approximate surface area is 164 Å². The normalized spacial score (nSPS) is 23.6. The molecule has 6 nitrogen and oxygen atoms in total. The second-order valence-electron chi connectivity index (χ2n) is 7.61. The van der Waals surface area contributed by atoms with Gasteiger partial charge in [0.05, 0.1) is 5.41 Å². The van der Waals surface area contributed by atoms with E-state index in [9.17, 15) is 22.4 Å². The third-order valence-electron chi connectivity index (χ3n) is 5.72. The predicted octanol–water partition coefficient (Wildman–Crippen LogP) is 4.12. The van der Waals surface area contributed by atoms with Crippen molar-refractivity contribution in [3.8, 4) is 11.5 Å². The molecule has 1 aliphatic carbocycles. The number of rotatable bonds is 6. The van der Waals surface area contributed by atoms with Crippen molar-refractivity contribution in [2.45, 2.75) is 44.6 Å². The third-order valence-corrected chi connectivity index (χ3v) is 5.72. The minimum atomic E-state index is -2.68. The summed E-state index contributed by atoms with van der Waals surface area (Å²) in [5.74, 6) is -2.85. The summed E-state index contributed by atoms with van der Waals surface area (Å²) >= 11 is 0. The predicted molar refractivity (Wildman–Crippen MR) is 95.6 cm³/mol. The summed E-state index contributed by atoms with van der Waals surface area (Å²) in [6.07, 6.45) is -2.02. The highest BCUT2D eigenvalue weighted by Gasteiger charge is 2.73. The van der Waals surface area contributed by atoms with Gasteiger partial charge in [0.15, 0.2) is 0 Å². The van der Waals surface area contributed by atoms with Gasteiger partial charge >= 0.3 is 6.01 Å². The topological polar surface area (TPSA) is 71.3 Å². The lowest BCUT2D eigenvalue weighted by Gasteiger charge is -2.22. The molecule has 2 atom stereocenters. The van der Waals surface area contributed by atoms with Gasteiger partial charge < -0.3 is 14.6 Å². The van der Waals surface area contributed by atoms with Crippen LogP contribution >= 0.6 is 0 Å². The molecule has 0 bridgehead atoms. The molecule has 10 heteroatoms. The largest absolute Gasteiger partial charge is 0.403 e. The first-order chi connectivity index (χ1) is 13.7. The van der Waals surface area contributed by atoms with Crippen molar-refractivity contribution in [2.24, 2.45) is 5.41 Å². The van der Waals surface area contributed by atoms with E-state index in [1.165, 1.54) is 29.2 Å². The summed E-state index contributed by atoms with van der Waals surface area (Å²) in [6, 6.07) is 4.75. The van der Waals surface area contributed by atoms with Crippen LogP contribution in [0.3, 0.4) is 0 Å². The highest BCUT2D eigenvalue weighted by molar-refractivity contribution is 5.84. The number of amides is 1. The number of hydrogen-bond donors (Lipinski definition) is 1. The van der Waals surface area contributed by atoms with Crippen molar-refractivity contribution in [1.82, 2.24) is 15.1 Å². The van der Waals surface area contributed by atoms with E-state index in [-0.39, 0.29) is 36.3 Å². The number of alkyl halides is 4. The van der Waals surface area contributed by atoms with Crippen LogP contribution in [0.25, 0.3) is 11.5 Å². The molecule has 1 saturated heterocycles. The molecule has 2 heterocycles. The Kier molecular flexibility index (Phi) is 4.74. The molecule has 4 rings (SSSR count). The number of carbonyl (C=O) groups excluding carboxylic acids is 1. The maximum absolute atomic E-state index is 13.6. The van der Waals surface area contributed by atoms with Crippen LogP contribution in [0.5, 0.6) is 0 Å². The first-order valence-electron chi connectivity index (χ1n) is 9.40. The summed E-state index contributed by atoms with van der Waals surface area (Å²) < 4.78 is 57.9. The van der Waals surface area contributed by atoms with Gasteiger partial charge in [-0.1, -0.05) is 24.2 Å². The highest BCUT2D eigenvalue weighted by atomic mass is 19.3. The Balaban J connectivity index is 1.41. The van der Waals surface area contributed by atoms with Crippen LogP contribution in [-0.2, 0) is 4.79 Å². The summed E-state index contributed by atoms with van der Waals surface area (Å²) in [7, 11) is 0. The molecule has 1 amide bonds. The van der Waals surface area contributed by atoms with Gasteiger partial charge in [0.1, 0.15) is 6.04 Å². The van der Waals surface area contributed by atoms with E-state index in [2.05, 4.69) is 15.5 Å². The number of nitrogens with zero attached hydrogens (tertiary/aromatic N) is 3. The molecule has 0 unspecified atom stereocenters. The number of nitrogens with one attached hydrogen (secondary N) is 1. The summed E-state index contributed by atoms with van der Waals surface area (Å²) in [4.78, 5) is 14.2. The fraction of sp³-hybridized carbons (Fsp3) is 0.526. The van der Waals surface area contributed by atoms with Crippen LogP contribution < -0.4 is 5.32 Å². The molecule has 156 valence electrons. The van der Waals surface area contributed by atoms with Gasteiger partial charge in [-0.15, -0.1) is 5.10 Å². The second kappa shape index (κ2) is 7.00. The van der Waals surface area contributed by atoms with E-state index in [4.69, 9.17) is 4.42 Å². The number of carbonyl (C=O) groups is 1. The number of benzene rings is 1. The smallest absolute Gasteiger partial charge is 0.316 e. The first-order valence-corrected chi connectivity index (χ1v) is 9.40. The van der Waals surface area contributed by atoms with Gasteiger partial charge in [0.25, 0.3) is 12.3 Å². The van der Waals surface area contributed by atoms with Gasteiger partial charge in [-0.3, -0.25) is 4.79 Å². The Morgan fingerprint density at radius 2 is 1.97 bits per heavy atom. The van der Waals surface area contributed by atoms with Crippen molar-refractivity contribution in [3.63, 3.8) is 0 Å². The van der Waals surface area contributed by atoms with Gasteiger partial charge in [-0.25, -0.2) is 17.6 Å². The van der Waals surface area contributed by atoms with E-state index in [0.717, 1.165) is 0 Å². The molecule has 1 spiro atoms. The average molecular weight is 412 g/mol. The maximum Gasteiger partial charge on any atom is 0.316 e. The van der Waals surface area contributed by atoms with Crippen molar-refractivity contribution < 1.29 is 26.8 Å². The van der Waals surface area contributed by atoms with Gasteiger partial charge in [-0.2, -0.15) is 0 Å². The van der Waals surface area contributed by atoms with Gasteiger partial charge in [0, 0.05) is 30.6 Å². The van der Waals surface area contributed by atoms with Gasteiger partial charge in [-0.05, 0) is 25.0 Å². The Hall–Kier alpha value is -2.65. The Morgan fingerprint density at radius 1 is 1.28 bits per heavy atom. The molecule has 2 fully saturated rings. The van der Waals surface area contributed by atoms with Crippen molar-refractivity contribution >= 4 is 11.9 Å². The molecule has 2 aliphatic rings. The van der Waals surface area contributed by atoms with Gasteiger partial charge in [0.2, 0.25) is 11.8 Å². The maximum atomic E-state index is 13.6. The van der Waals surface area contributed by atoms with Crippen molar-refractivity contribution in [3.05, 3.63) is 29.8 Å². The van der Waals surface area contributed by atoms with E-state index < -0.39 is 23.8 Å². The van der Waals surface area contributed by atoms with Crippen molar-refractivity contribution in [1.29, 1.82) is 0 Å². The number of hydrogen-bond acceptors (Lipinski definition) is 5. The minimum absolute atomic E-state index is 0.00352. The molecular formula is C19H20F4N4O2. The number of halogens is 4. The summed E-state index contributed by atoms with van der Waals surface area (Å²) in [6.45, 7) is 2.15. The minimum Gasteiger partial charge on any atom is -0.403 e. The number of likely N-dealkylation sites (tertiary alicyclic amines) is 1. The third kappa shape index (κ3) is 3.56. The first kappa shape index (κ1) is 19.7. The lowest BCUT2D eigenvalue weighted by molar-refractivity contribution is -0.131. The van der Waals surface area contributed by atoms with Crippen LogP contribution in [0.2, 0.25) is 0 Å². The van der Waals surface area contributed by atoms with Crippen LogP contribution in [0, 0.1) is 5.41 Å². The lowest BCUT2D eigenvalue weighted by Crippen LogP contribution is -2.42. The zero-order valence-electron chi connectivity index (χ0n) is 15.7. The molecule has 1 aromatic carbocycles. The van der Waals surface area contributed by atoms with Crippen LogP contribution in [-0.4, -0.2) is 46.1 Å². The molecule has 2 aromatic rings. The van der Waals surface area contributed by atoms with Crippen LogP contribution in [0.15, 0.2) is 28.7 Å². The molecule has 1 aromatic heterocycles. The van der Waals surface area contributed by atoms with E-state index in [1.54, 1.807) is 6.92 Å². The zero-order valence-corrected chi connectivity index (χ0v) is 15.7. The number of anilines is 1. The molecule has 1 N–H and O–H groups in total. The SMILES string of the molecule is CC[C@H](Nc1nnc(-c2ccc(C(F)F)cc2)o1)C(=O)N1CC[C@@]2(C1)CC2(F)F. The zero-order chi connectivity index (χ0) is 20.8. The summed E-state index contributed by atoms with van der Waals surface area (Å²) in [5, 5.41) is 10.6. The Bertz CT molecular complexity index is 902. The lowest BCUT2D eigenvalue weighted by atomic mass is 10.1. The highest BCUT2D eigenvalue weighted by Crippen LogP contribution is 2.65. The quantitative estimate of drug-likeness (QED) is 0.723. The molecule has 0 radical (unpaired) electrons. The molecule has 29 heavy (non-hydrogen) atoms. The van der Waals surface area contributed by atoms with Crippen LogP contribution in [0.4, 0.5) is 23.6 Å². The average Bonchev–Trinajstić information content (AvgIpc) is 3.10. The van der Waals surface area contributed by atoms with E-state index >= 15 is 0 Å². The standard InChI is InChI=1S/C19H20F4N4O2/c1-2-13(16(28)27-8-7-18(10-27)9-19(18,22)23)24-17-26-25-15(29-17)12-5-3-11(4-6-12)14(20)21/h3-6,13-14H,2,7-10H2,1H3,(H,24,26)/t13-,18-/m0/s1. The Morgan fingerprint density at radius 3 is 2.52 bits per heavy atom. The molecule has 1 saturated carbocycles. The number of aromatic nitrogens is 2. The second-order valence-corrected chi connectivity index (χ2v) is 7.61.